The fraction of sp³-hybridized carbons (Fsp3) is 0.455. The summed E-state index contributed by atoms with van der Waals surface area (Å²) in [5.41, 5.74) is -0.0973. The lowest BCUT2D eigenvalue weighted by Gasteiger charge is -2.40. The normalized spacial score (nSPS) is 17.6. The van der Waals surface area contributed by atoms with Crippen molar-refractivity contribution in [3.05, 3.63) is 29.0 Å². The van der Waals surface area contributed by atoms with E-state index in [2.05, 4.69) is 10.3 Å². The average molecular weight is 241 g/mol. The summed E-state index contributed by atoms with van der Waals surface area (Å²) in [5, 5.41) is 12.2. The zero-order chi connectivity index (χ0) is 11.6. The van der Waals surface area contributed by atoms with Crippen LogP contribution in [0.5, 0.6) is 0 Å². The first-order valence-electron chi connectivity index (χ1n) is 5.21. The predicted molar refractivity (Wildman–Crippen MR) is 60.4 cm³/mol. The SMILES string of the molecule is O=C(NC1(CO)CCC1)c1cccnc1Cl. The molecule has 0 bridgehead atoms. The number of rotatable bonds is 3. The van der Waals surface area contributed by atoms with Crippen molar-refractivity contribution in [1.82, 2.24) is 10.3 Å². The first-order valence-corrected chi connectivity index (χ1v) is 5.59. The van der Waals surface area contributed by atoms with Crippen molar-refractivity contribution in [2.75, 3.05) is 6.61 Å². The number of halogens is 1. The number of hydrogen-bond donors (Lipinski definition) is 2. The summed E-state index contributed by atoms with van der Waals surface area (Å²) in [5.74, 6) is -0.271. The molecule has 0 aromatic carbocycles. The van der Waals surface area contributed by atoms with Gasteiger partial charge in [0.15, 0.2) is 0 Å². The maximum absolute atomic E-state index is 11.9. The molecule has 2 N–H and O–H groups in total. The first-order chi connectivity index (χ1) is 7.67. The van der Waals surface area contributed by atoms with Gasteiger partial charge in [-0.05, 0) is 31.4 Å². The van der Waals surface area contributed by atoms with E-state index < -0.39 is 5.54 Å². The van der Waals surface area contributed by atoms with Gasteiger partial charge in [-0.3, -0.25) is 4.79 Å². The molecule has 0 aliphatic heterocycles. The van der Waals surface area contributed by atoms with Crippen molar-refractivity contribution >= 4 is 17.5 Å². The van der Waals surface area contributed by atoms with E-state index in [-0.39, 0.29) is 17.7 Å². The molecule has 0 radical (unpaired) electrons. The van der Waals surface area contributed by atoms with Crippen LogP contribution in [0.25, 0.3) is 0 Å². The predicted octanol–water partition coefficient (Wildman–Crippen LogP) is 1.38. The van der Waals surface area contributed by atoms with Crippen molar-refractivity contribution in [1.29, 1.82) is 0 Å². The van der Waals surface area contributed by atoms with Crippen LogP contribution in [0.3, 0.4) is 0 Å². The molecule has 16 heavy (non-hydrogen) atoms. The van der Waals surface area contributed by atoms with Gasteiger partial charge in [-0.2, -0.15) is 0 Å². The van der Waals surface area contributed by atoms with Gasteiger partial charge < -0.3 is 10.4 Å². The van der Waals surface area contributed by atoms with Crippen LogP contribution in [-0.4, -0.2) is 28.1 Å². The highest BCUT2D eigenvalue weighted by atomic mass is 35.5. The van der Waals surface area contributed by atoms with Gasteiger partial charge in [0.1, 0.15) is 5.15 Å². The van der Waals surface area contributed by atoms with E-state index >= 15 is 0 Å². The van der Waals surface area contributed by atoms with Crippen LogP contribution >= 0.6 is 11.6 Å². The molecule has 1 heterocycles. The molecular weight excluding hydrogens is 228 g/mol. The molecule has 0 unspecified atom stereocenters. The van der Waals surface area contributed by atoms with Crippen LogP contribution in [0, 0.1) is 0 Å². The molecule has 1 aromatic rings. The second kappa shape index (κ2) is 4.39. The smallest absolute Gasteiger partial charge is 0.254 e. The topological polar surface area (TPSA) is 62.2 Å². The second-order valence-corrected chi connectivity index (χ2v) is 4.45. The van der Waals surface area contributed by atoms with E-state index in [1.54, 1.807) is 12.1 Å². The lowest BCUT2D eigenvalue weighted by atomic mass is 9.77. The lowest BCUT2D eigenvalue weighted by molar-refractivity contribution is 0.0641. The number of aliphatic hydroxyl groups excluding tert-OH is 1. The molecule has 4 nitrogen and oxygen atoms in total. The van der Waals surface area contributed by atoms with Crippen LogP contribution in [0.1, 0.15) is 29.6 Å². The summed E-state index contributed by atoms with van der Waals surface area (Å²) in [6, 6.07) is 3.28. The van der Waals surface area contributed by atoms with Crippen molar-refractivity contribution in [3.8, 4) is 0 Å². The Morgan fingerprint density at radius 3 is 2.88 bits per heavy atom. The molecule has 0 saturated heterocycles. The van der Waals surface area contributed by atoms with Crippen LogP contribution in [0.2, 0.25) is 5.15 Å². The zero-order valence-electron chi connectivity index (χ0n) is 8.74. The number of nitrogens with one attached hydrogen (secondary N) is 1. The van der Waals surface area contributed by atoms with Crippen LogP contribution in [0.4, 0.5) is 0 Å². The van der Waals surface area contributed by atoms with Gasteiger partial charge >= 0.3 is 0 Å². The zero-order valence-corrected chi connectivity index (χ0v) is 9.50. The van der Waals surface area contributed by atoms with E-state index in [0.717, 1.165) is 19.3 Å². The van der Waals surface area contributed by atoms with Gasteiger partial charge in [0.05, 0.1) is 17.7 Å². The van der Waals surface area contributed by atoms with Gasteiger partial charge in [-0.1, -0.05) is 11.6 Å². The molecule has 1 amide bonds. The number of pyridine rings is 1. The number of carbonyl (C=O) groups is 1. The Morgan fingerprint density at radius 2 is 2.38 bits per heavy atom. The molecule has 5 heteroatoms. The standard InChI is InChI=1S/C11H13ClN2O2/c12-9-8(3-1-6-13-9)10(16)14-11(7-15)4-2-5-11/h1,3,6,15H,2,4-5,7H2,(H,14,16). The van der Waals surface area contributed by atoms with E-state index in [1.807, 2.05) is 0 Å². The number of aromatic nitrogens is 1. The largest absolute Gasteiger partial charge is 0.394 e. The Bertz CT molecular complexity index is 399. The van der Waals surface area contributed by atoms with Gasteiger partial charge in [-0.25, -0.2) is 4.98 Å². The van der Waals surface area contributed by atoms with Crippen molar-refractivity contribution in [3.63, 3.8) is 0 Å². The molecule has 1 aliphatic carbocycles. The Labute approximate surface area is 98.6 Å². The van der Waals surface area contributed by atoms with Crippen LogP contribution in [-0.2, 0) is 0 Å². The molecular formula is C11H13ClN2O2. The monoisotopic (exact) mass is 240 g/mol. The minimum absolute atomic E-state index is 0.0311. The fourth-order valence-corrected chi connectivity index (χ4v) is 1.99. The Kier molecular flexibility index (Phi) is 3.12. The average Bonchev–Trinajstić information content (AvgIpc) is 2.24. The van der Waals surface area contributed by atoms with E-state index in [4.69, 9.17) is 11.6 Å². The highest BCUT2D eigenvalue weighted by Crippen LogP contribution is 2.31. The molecule has 1 fully saturated rings. The van der Waals surface area contributed by atoms with E-state index in [9.17, 15) is 9.90 Å². The molecule has 0 spiro atoms. The second-order valence-electron chi connectivity index (χ2n) is 4.09. The van der Waals surface area contributed by atoms with Crippen LogP contribution in [0.15, 0.2) is 18.3 Å². The van der Waals surface area contributed by atoms with Gasteiger partial charge in [-0.15, -0.1) is 0 Å². The molecule has 0 atom stereocenters. The fourth-order valence-electron chi connectivity index (χ4n) is 1.79. The molecule has 1 aliphatic rings. The number of amides is 1. The van der Waals surface area contributed by atoms with E-state index in [0.29, 0.717) is 5.56 Å². The van der Waals surface area contributed by atoms with Crippen molar-refractivity contribution in [2.45, 2.75) is 24.8 Å². The summed E-state index contributed by atoms with van der Waals surface area (Å²) in [6.45, 7) is -0.0311. The minimum Gasteiger partial charge on any atom is -0.394 e. The highest BCUT2D eigenvalue weighted by Gasteiger charge is 2.38. The van der Waals surface area contributed by atoms with Gasteiger partial charge in [0.25, 0.3) is 5.91 Å². The molecule has 2 rings (SSSR count). The number of carbonyl (C=O) groups excluding carboxylic acids is 1. The summed E-state index contributed by atoms with van der Waals surface area (Å²) >= 11 is 5.82. The molecule has 1 aromatic heterocycles. The summed E-state index contributed by atoms with van der Waals surface area (Å²) in [4.78, 5) is 15.7. The van der Waals surface area contributed by atoms with Gasteiger partial charge in [0.2, 0.25) is 0 Å². The van der Waals surface area contributed by atoms with Crippen molar-refractivity contribution < 1.29 is 9.90 Å². The molecule has 86 valence electrons. The Hall–Kier alpha value is -1.13. The summed E-state index contributed by atoms with van der Waals surface area (Å²) < 4.78 is 0. The lowest BCUT2D eigenvalue weighted by Crippen LogP contribution is -2.56. The first kappa shape index (κ1) is 11.4. The third kappa shape index (κ3) is 2.03. The maximum atomic E-state index is 11.9. The highest BCUT2D eigenvalue weighted by molar-refractivity contribution is 6.32. The minimum atomic E-state index is -0.448. The number of hydrogen-bond acceptors (Lipinski definition) is 3. The maximum Gasteiger partial charge on any atom is 0.254 e. The van der Waals surface area contributed by atoms with Gasteiger partial charge in [0, 0.05) is 6.20 Å². The molecule has 1 saturated carbocycles. The Balaban J connectivity index is 2.11. The number of nitrogens with zero attached hydrogens (tertiary/aromatic N) is 1. The number of aliphatic hydroxyl groups is 1. The van der Waals surface area contributed by atoms with E-state index in [1.165, 1.54) is 6.20 Å². The summed E-state index contributed by atoms with van der Waals surface area (Å²) in [6.07, 6.45) is 4.19. The summed E-state index contributed by atoms with van der Waals surface area (Å²) in [7, 11) is 0. The Morgan fingerprint density at radius 1 is 1.62 bits per heavy atom. The van der Waals surface area contributed by atoms with Crippen LogP contribution < -0.4 is 5.32 Å². The third-order valence-electron chi connectivity index (χ3n) is 3.00. The quantitative estimate of drug-likeness (QED) is 0.785. The third-order valence-corrected chi connectivity index (χ3v) is 3.30. The van der Waals surface area contributed by atoms with Crippen molar-refractivity contribution in [2.24, 2.45) is 0 Å².